The minimum absolute atomic E-state index is 0.110. The van der Waals surface area contributed by atoms with Crippen LogP contribution in [0.5, 0.6) is 0 Å². The molecule has 1 saturated heterocycles. The van der Waals surface area contributed by atoms with E-state index in [0.717, 1.165) is 33.5 Å². The molecule has 2 aromatic rings. The first-order valence-corrected chi connectivity index (χ1v) is 11.5. The summed E-state index contributed by atoms with van der Waals surface area (Å²) in [6.07, 6.45) is 1.36. The summed E-state index contributed by atoms with van der Waals surface area (Å²) in [6, 6.07) is 9.54. The lowest BCUT2D eigenvalue weighted by molar-refractivity contribution is -0.120. The molecule has 1 atom stereocenters. The Kier molecular flexibility index (Phi) is 6.15. The van der Waals surface area contributed by atoms with Crippen molar-refractivity contribution in [2.45, 2.75) is 52.4 Å². The second-order valence-corrected chi connectivity index (χ2v) is 10.1. The molecule has 156 valence electrons. The molecule has 5 nitrogen and oxygen atoms in total. The lowest BCUT2D eigenvalue weighted by Crippen LogP contribution is -2.44. The van der Waals surface area contributed by atoms with Gasteiger partial charge in [-0.3, -0.25) is 4.79 Å². The summed E-state index contributed by atoms with van der Waals surface area (Å²) in [7, 11) is -3.62. The maximum Gasteiger partial charge on any atom is 0.243 e. The van der Waals surface area contributed by atoms with Crippen LogP contribution in [0.4, 0.5) is 5.69 Å². The van der Waals surface area contributed by atoms with E-state index in [1.165, 1.54) is 4.31 Å². The van der Waals surface area contributed by atoms with Gasteiger partial charge in [-0.2, -0.15) is 4.31 Å². The Labute approximate surface area is 174 Å². The van der Waals surface area contributed by atoms with Crippen LogP contribution in [-0.4, -0.2) is 31.7 Å². The number of nitrogens with one attached hydrogen (secondary N) is 1. The van der Waals surface area contributed by atoms with E-state index >= 15 is 0 Å². The van der Waals surface area contributed by atoms with Gasteiger partial charge in [-0.25, -0.2) is 8.42 Å². The van der Waals surface area contributed by atoms with Crippen molar-refractivity contribution in [3.63, 3.8) is 0 Å². The third-order valence-corrected chi connectivity index (χ3v) is 7.65. The van der Waals surface area contributed by atoms with Gasteiger partial charge in [-0.05, 0) is 75.8 Å². The Balaban J connectivity index is 1.80. The van der Waals surface area contributed by atoms with Gasteiger partial charge in [0.1, 0.15) is 0 Å². The van der Waals surface area contributed by atoms with Crippen molar-refractivity contribution in [3.05, 3.63) is 58.1 Å². The molecule has 3 rings (SSSR count). The smallest absolute Gasteiger partial charge is 0.243 e. The van der Waals surface area contributed by atoms with Gasteiger partial charge < -0.3 is 5.32 Å². The molecular formula is C23H30N2O3S. The van der Waals surface area contributed by atoms with Crippen LogP contribution in [0.3, 0.4) is 0 Å². The fourth-order valence-corrected chi connectivity index (χ4v) is 5.94. The zero-order valence-electron chi connectivity index (χ0n) is 17.9. The first kappa shape index (κ1) is 21.5. The Bertz CT molecular complexity index is 1020. The predicted octanol–water partition coefficient (Wildman–Crippen LogP) is 4.27. The SMILES string of the molecule is Cc1cc(C)c(NC(=O)[C@H]2CCCN(S(=O)(=O)c3cc(C)ccc3C)C2)c(C)c1. The van der Waals surface area contributed by atoms with Gasteiger partial charge >= 0.3 is 0 Å². The molecule has 0 spiro atoms. The van der Waals surface area contributed by atoms with Gasteiger partial charge in [-0.1, -0.05) is 29.8 Å². The molecule has 0 aromatic heterocycles. The quantitative estimate of drug-likeness (QED) is 0.812. The maximum absolute atomic E-state index is 13.2. The maximum atomic E-state index is 13.2. The number of carbonyl (C=O) groups excluding carboxylic acids is 1. The monoisotopic (exact) mass is 414 g/mol. The van der Waals surface area contributed by atoms with Crippen molar-refractivity contribution >= 4 is 21.6 Å². The molecular weight excluding hydrogens is 384 g/mol. The van der Waals surface area contributed by atoms with Crippen LogP contribution in [0.1, 0.15) is 40.7 Å². The number of rotatable bonds is 4. The number of amides is 1. The number of benzene rings is 2. The highest BCUT2D eigenvalue weighted by atomic mass is 32.2. The van der Waals surface area contributed by atoms with Gasteiger partial charge in [0, 0.05) is 18.8 Å². The largest absolute Gasteiger partial charge is 0.325 e. The van der Waals surface area contributed by atoms with Crippen LogP contribution >= 0.6 is 0 Å². The molecule has 0 radical (unpaired) electrons. The number of carbonyl (C=O) groups is 1. The molecule has 0 unspecified atom stereocenters. The number of aryl methyl sites for hydroxylation is 5. The lowest BCUT2D eigenvalue weighted by Gasteiger charge is -2.32. The summed E-state index contributed by atoms with van der Waals surface area (Å²) in [5, 5.41) is 3.05. The van der Waals surface area contributed by atoms with Gasteiger partial charge in [0.05, 0.1) is 10.8 Å². The van der Waals surface area contributed by atoms with Crippen LogP contribution in [0.25, 0.3) is 0 Å². The number of nitrogens with zero attached hydrogens (tertiary/aromatic N) is 1. The highest BCUT2D eigenvalue weighted by Gasteiger charge is 2.34. The minimum atomic E-state index is -3.62. The first-order valence-electron chi connectivity index (χ1n) is 10.1. The molecule has 6 heteroatoms. The lowest BCUT2D eigenvalue weighted by atomic mass is 9.98. The number of hydrogen-bond acceptors (Lipinski definition) is 3. The van der Waals surface area contributed by atoms with Crippen molar-refractivity contribution < 1.29 is 13.2 Å². The van der Waals surface area contributed by atoms with Gasteiger partial charge in [0.2, 0.25) is 15.9 Å². The molecule has 2 aromatic carbocycles. The molecule has 29 heavy (non-hydrogen) atoms. The Morgan fingerprint density at radius 2 is 1.62 bits per heavy atom. The number of anilines is 1. The summed E-state index contributed by atoms with van der Waals surface area (Å²) in [5.74, 6) is -0.468. The average molecular weight is 415 g/mol. The second kappa shape index (κ2) is 8.28. The van der Waals surface area contributed by atoms with Crippen LogP contribution in [0.2, 0.25) is 0 Å². The Morgan fingerprint density at radius 3 is 2.28 bits per heavy atom. The van der Waals surface area contributed by atoms with Crippen molar-refractivity contribution in [3.8, 4) is 0 Å². The third kappa shape index (κ3) is 4.54. The first-order chi connectivity index (χ1) is 13.6. The van der Waals surface area contributed by atoms with Gasteiger partial charge in [0.25, 0.3) is 0 Å². The predicted molar refractivity (Wildman–Crippen MR) is 117 cm³/mol. The summed E-state index contributed by atoms with van der Waals surface area (Å²) in [4.78, 5) is 13.3. The topological polar surface area (TPSA) is 66.5 Å². The zero-order valence-corrected chi connectivity index (χ0v) is 18.7. The molecule has 1 aliphatic rings. The molecule has 1 N–H and O–H groups in total. The van der Waals surface area contributed by atoms with Crippen molar-refractivity contribution in [2.75, 3.05) is 18.4 Å². The summed E-state index contributed by atoms with van der Waals surface area (Å²) in [5.41, 5.74) is 5.66. The van der Waals surface area contributed by atoms with Crippen LogP contribution in [0, 0.1) is 40.5 Å². The standard InChI is InChI=1S/C23H30N2O3S/c1-15-8-9-17(3)21(13-15)29(27,28)25-10-6-7-20(14-25)23(26)24-22-18(4)11-16(2)12-19(22)5/h8-9,11-13,20H,6-7,10,14H2,1-5H3,(H,24,26)/t20-/m0/s1. The van der Waals surface area contributed by atoms with E-state index in [2.05, 4.69) is 5.32 Å². The van der Waals surface area contributed by atoms with E-state index in [-0.39, 0.29) is 18.4 Å². The van der Waals surface area contributed by atoms with Crippen LogP contribution < -0.4 is 5.32 Å². The Hall–Kier alpha value is -2.18. The molecule has 0 saturated carbocycles. The third-order valence-electron chi connectivity index (χ3n) is 5.64. The number of hydrogen-bond donors (Lipinski definition) is 1. The molecule has 1 heterocycles. The summed E-state index contributed by atoms with van der Waals surface area (Å²) in [6.45, 7) is 10.3. The summed E-state index contributed by atoms with van der Waals surface area (Å²) < 4.78 is 27.9. The van der Waals surface area contributed by atoms with E-state index < -0.39 is 10.0 Å². The van der Waals surface area contributed by atoms with Crippen LogP contribution in [0.15, 0.2) is 35.2 Å². The van der Waals surface area contributed by atoms with E-state index in [9.17, 15) is 13.2 Å². The van der Waals surface area contributed by atoms with E-state index in [1.54, 1.807) is 6.07 Å². The van der Waals surface area contributed by atoms with Gasteiger partial charge in [0.15, 0.2) is 0 Å². The van der Waals surface area contributed by atoms with Crippen molar-refractivity contribution in [1.29, 1.82) is 0 Å². The normalized spacial score (nSPS) is 17.9. The van der Waals surface area contributed by atoms with E-state index in [0.29, 0.717) is 24.3 Å². The minimum Gasteiger partial charge on any atom is -0.325 e. The van der Waals surface area contributed by atoms with Gasteiger partial charge in [-0.15, -0.1) is 0 Å². The number of sulfonamides is 1. The highest BCUT2D eigenvalue weighted by molar-refractivity contribution is 7.89. The van der Waals surface area contributed by atoms with E-state index in [1.807, 2.05) is 58.9 Å². The fraction of sp³-hybridized carbons (Fsp3) is 0.435. The molecule has 0 aliphatic carbocycles. The van der Waals surface area contributed by atoms with Crippen molar-refractivity contribution in [2.24, 2.45) is 5.92 Å². The van der Waals surface area contributed by atoms with E-state index in [4.69, 9.17) is 0 Å². The average Bonchev–Trinajstić information content (AvgIpc) is 2.66. The second-order valence-electron chi connectivity index (χ2n) is 8.23. The van der Waals surface area contributed by atoms with Crippen molar-refractivity contribution in [1.82, 2.24) is 4.31 Å². The fourth-order valence-electron chi connectivity index (χ4n) is 4.10. The zero-order chi connectivity index (χ0) is 21.3. The molecule has 0 bridgehead atoms. The summed E-state index contributed by atoms with van der Waals surface area (Å²) >= 11 is 0. The highest BCUT2D eigenvalue weighted by Crippen LogP contribution is 2.28. The molecule has 1 aliphatic heterocycles. The number of piperidine rings is 1. The molecule has 1 amide bonds. The van der Waals surface area contributed by atoms with Crippen LogP contribution in [-0.2, 0) is 14.8 Å². The Morgan fingerprint density at radius 1 is 0.966 bits per heavy atom. The molecule has 1 fully saturated rings.